The van der Waals surface area contributed by atoms with Gasteiger partial charge in [-0.2, -0.15) is 0 Å². The van der Waals surface area contributed by atoms with Gasteiger partial charge >= 0.3 is 11.9 Å². The summed E-state index contributed by atoms with van der Waals surface area (Å²) in [6, 6.07) is 4.06. The van der Waals surface area contributed by atoms with E-state index >= 15 is 0 Å². The minimum atomic E-state index is -1.26. The fourth-order valence-corrected chi connectivity index (χ4v) is 2.15. The van der Waals surface area contributed by atoms with Gasteiger partial charge in [0.25, 0.3) is 0 Å². The Balaban J connectivity index is 0.000000284. The molecule has 23 heavy (non-hydrogen) atoms. The maximum Gasteiger partial charge on any atom is 0.328 e. The summed E-state index contributed by atoms with van der Waals surface area (Å²) in [6.07, 6.45) is 5.57. The largest absolute Gasteiger partial charge is 0.478 e. The predicted octanol–water partition coefficient (Wildman–Crippen LogP) is 1.74. The first-order valence-corrected chi connectivity index (χ1v) is 7.73. The monoisotopic (exact) mass is 385 g/mol. The Morgan fingerprint density at radius 1 is 1.35 bits per heavy atom. The minimum absolute atomic E-state index is 0.349. The van der Waals surface area contributed by atoms with Crippen LogP contribution in [0.1, 0.15) is 12.8 Å². The van der Waals surface area contributed by atoms with Gasteiger partial charge in [0.05, 0.1) is 11.9 Å². The third-order valence-corrected chi connectivity index (χ3v) is 3.91. The summed E-state index contributed by atoms with van der Waals surface area (Å²) in [5, 5.41) is 19.0. The standard InChI is InChI=1S/C11H16BrN3.C4H4O4/c1-13-11(5-6-11)8-15(2)9-3-4-10(12)14-7-9;5-3(6)1-2-4(7)8/h3-4,7,13H,5-6,8H2,1-2H3;1-2H,(H,5,6)(H,7,8). The van der Waals surface area contributed by atoms with Crippen LogP contribution in [0.15, 0.2) is 35.1 Å². The van der Waals surface area contributed by atoms with E-state index in [2.05, 4.69) is 44.2 Å². The number of aromatic nitrogens is 1. The van der Waals surface area contributed by atoms with E-state index in [1.165, 1.54) is 18.5 Å². The van der Waals surface area contributed by atoms with Crippen LogP contribution in [0.3, 0.4) is 0 Å². The number of hydrogen-bond acceptors (Lipinski definition) is 5. The summed E-state index contributed by atoms with van der Waals surface area (Å²) in [6.45, 7) is 1.05. The van der Waals surface area contributed by atoms with Gasteiger partial charge in [-0.1, -0.05) is 0 Å². The molecule has 1 aromatic heterocycles. The summed E-state index contributed by atoms with van der Waals surface area (Å²) >= 11 is 3.34. The zero-order valence-electron chi connectivity index (χ0n) is 13.0. The molecule has 1 aliphatic rings. The van der Waals surface area contributed by atoms with E-state index in [-0.39, 0.29) is 0 Å². The smallest absolute Gasteiger partial charge is 0.328 e. The van der Waals surface area contributed by atoms with Crippen LogP contribution in [-0.2, 0) is 9.59 Å². The third-order valence-electron chi connectivity index (χ3n) is 3.44. The fraction of sp³-hybridized carbons (Fsp3) is 0.400. The lowest BCUT2D eigenvalue weighted by molar-refractivity contribution is -0.134. The molecule has 0 bridgehead atoms. The molecule has 0 aliphatic heterocycles. The van der Waals surface area contributed by atoms with Gasteiger partial charge in [-0.15, -0.1) is 0 Å². The van der Waals surface area contributed by atoms with Gasteiger partial charge in [0.2, 0.25) is 0 Å². The summed E-state index contributed by atoms with van der Waals surface area (Å²) in [7, 11) is 4.16. The molecule has 0 unspecified atom stereocenters. The predicted molar refractivity (Wildman–Crippen MR) is 90.6 cm³/mol. The van der Waals surface area contributed by atoms with Crippen LogP contribution in [0, 0.1) is 0 Å². The second-order valence-corrected chi connectivity index (χ2v) is 6.05. The molecule has 0 atom stereocenters. The highest BCUT2D eigenvalue weighted by atomic mass is 79.9. The van der Waals surface area contributed by atoms with Crippen molar-refractivity contribution in [3.63, 3.8) is 0 Å². The number of carbonyl (C=O) groups is 2. The van der Waals surface area contributed by atoms with Crippen molar-refractivity contribution in [2.75, 3.05) is 25.5 Å². The van der Waals surface area contributed by atoms with Gasteiger partial charge in [0.1, 0.15) is 4.60 Å². The molecule has 1 fully saturated rings. The highest BCUT2D eigenvalue weighted by molar-refractivity contribution is 9.10. The highest BCUT2D eigenvalue weighted by Gasteiger charge is 2.41. The average molecular weight is 386 g/mol. The van der Waals surface area contributed by atoms with Gasteiger partial charge in [-0.25, -0.2) is 14.6 Å². The van der Waals surface area contributed by atoms with Crippen LogP contribution in [0.5, 0.6) is 0 Å². The topological polar surface area (TPSA) is 103 Å². The maximum atomic E-state index is 9.55. The molecular weight excluding hydrogens is 366 g/mol. The molecule has 7 nitrogen and oxygen atoms in total. The lowest BCUT2D eigenvalue weighted by Crippen LogP contribution is -2.39. The molecule has 1 saturated carbocycles. The number of anilines is 1. The van der Waals surface area contributed by atoms with E-state index in [0.717, 1.165) is 11.1 Å². The molecule has 1 aromatic rings. The van der Waals surface area contributed by atoms with E-state index in [0.29, 0.717) is 17.7 Å². The lowest BCUT2D eigenvalue weighted by atomic mass is 10.2. The quantitative estimate of drug-likeness (QED) is 0.506. The Labute approximate surface area is 143 Å². The second-order valence-electron chi connectivity index (χ2n) is 5.24. The first-order chi connectivity index (χ1) is 10.8. The molecule has 126 valence electrons. The normalized spacial score (nSPS) is 14.7. The van der Waals surface area contributed by atoms with E-state index in [4.69, 9.17) is 10.2 Å². The molecular formula is C15H20BrN3O4. The minimum Gasteiger partial charge on any atom is -0.478 e. The van der Waals surface area contributed by atoms with Crippen molar-refractivity contribution in [3.8, 4) is 0 Å². The van der Waals surface area contributed by atoms with Crippen molar-refractivity contribution in [2.45, 2.75) is 18.4 Å². The Bertz CT molecular complexity index is 555. The summed E-state index contributed by atoms with van der Waals surface area (Å²) < 4.78 is 0.884. The molecule has 1 aliphatic carbocycles. The van der Waals surface area contributed by atoms with E-state index < -0.39 is 11.9 Å². The van der Waals surface area contributed by atoms with Crippen molar-refractivity contribution >= 4 is 33.6 Å². The maximum absolute atomic E-state index is 9.55. The Kier molecular flexibility index (Phi) is 7.18. The van der Waals surface area contributed by atoms with Crippen LogP contribution >= 0.6 is 15.9 Å². The van der Waals surface area contributed by atoms with Gasteiger partial charge < -0.3 is 20.4 Å². The number of hydrogen-bond donors (Lipinski definition) is 3. The van der Waals surface area contributed by atoms with Gasteiger partial charge in [0.15, 0.2) is 0 Å². The Morgan fingerprint density at radius 3 is 2.26 bits per heavy atom. The van der Waals surface area contributed by atoms with Crippen molar-refractivity contribution in [2.24, 2.45) is 0 Å². The number of likely N-dealkylation sites (N-methyl/N-ethyl adjacent to an activating group) is 2. The van der Waals surface area contributed by atoms with Crippen molar-refractivity contribution in [1.29, 1.82) is 0 Å². The van der Waals surface area contributed by atoms with Crippen LogP contribution in [0.2, 0.25) is 0 Å². The van der Waals surface area contributed by atoms with Gasteiger partial charge in [0, 0.05) is 31.3 Å². The zero-order chi connectivity index (χ0) is 17.5. The SMILES string of the molecule is CNC1(CN(C)c2ccc(Br)nc2)CC1.O=C(O)C=CC(=O)O. The Hall–Kier alpha value is -1.93. The van der Waals surface area contributed by atoms with Crippen molar-refractivity contribution in [1.82, 2.24) is 10.3 Å². The number of carboxylic acids is 2. The number of halogens is 1. The van der Waals surface area contributed by atoms with E-state index in [1.54, 1.807) is 0 Å². The molecule has 0 spiro atoms. The summed E-state index contributed by atoms with van der Waals surface area (Å²) in [5.41, 5.74) is 1.52. The molecule has 0 aromatic carbocycles. The average Bonchev–Trinajstić information content (AvgIpc) is 3.26. The summed E-state index contributed by atoms with van der Waals surface area (Å²) in [5.74, 6) is -2.51. The van der Waals surface area contributed by atoms with Crippen LogP contribution < -0.4 is 10.2 Å². The van der Waals surface area contributed by atoms with Gasteiger partial charge in [-0.05, 0) is 48.0 Å². The molecule has 1 heterocycles. The molecule has 0 amide bonds. The van der Waals surface area contributed by atoms with Crippen LogP contribution in [0.4, 0.5) is 5.69 Å². The van der Waals surface area contributed by atoms with E-state index in [9.17, 15) is 9.59 Å². The first kappa shape index (κ1) is 19.1. The molecule has 0 radical (unpaired) electrons. The summed E-state index contributed by atoms with van der Waals surface area (Å²) in [4.78, 5) is 25.6. The number of carboxylic acid groups (broad SMARTS) is 2. The first-order valence-electron chi connectivity index (χ1n) is 6.93. The number of nitrogens with zero attached hydrogens (tertiary/aromatic N) is 2. The number of nitrogens with one attached hydrogen (secondary N) is 1. The highest BCUT2D eigenvalue weighted by Crippen LogP contribution is 2.36. The van der Waals surface area contributed by atoms with Crippen LogP contribution in [-0.4, -0.2) is 53.3 Å². The molecule has 8 heteroatoms. The van der Waals surface area contributed by atoms with Crippen LogP contribution in [0.25, 0.3) is 0 Å². The number of pyridine rings is 1. The number of rotatable bonds is 6. The fourth-order valence-electron chi connectivity index (χ4n) is 1.92. The van der Waals surface area contributed by atoms with Crippen molar-refractivity contribution < 1.29 is 19.8 Å². The molecule has 2 rings (SSSR count). The van der Waals surface area contributed by atoms with E-state index in [1.807, 2.05) is 19.3 Å². The second kappa shape index (κ2) is 8.64. The third kappa shape index (κ3) is 7.25. The zero-order valence-corrected chi connectivity index (χ0v) is 14.6. The molecule has 3 N–H and O–H groups in total. The lowest BCUT2D eigenvalue weighted by Gasteiger charge is -2.25. The Morgan fingerprint density at radius 2 is 1.91 bits per heavy atom. The van der Waals surface area contributed by atoms with Crippen molar-refractivity contribution in [3.05, 3.63) is 35.1 Å². The van der Waals surface area contributed by atoms with Gasteiger partial charge in [-0.3, -0.25) is 0 Å². The number of aliphatic carboxylic acids is 2. The molecule has 0 saturated heterocycles.